The van der Waals surface area contributed by atoms with E-state index in [2.05, 4.69) is 29.1 Å². The van der Waals surface area contributed by atoms with Gasteiger partial charge in [-0.3, -0.25) is 9.98 Å². The van der Waals surface area contributed by atoms with Gasteiger partial charge in [-0.15, -0.1) is 0 Å². The first kappa shape index (κ1) is 10.5. The molecule has 0 radical (unpaired) electrons. The molecule has 0 spiro atoms. The maximum absolute atomic E-state index is 4.44. The number of aliphatic imine (C=N–C) groups is 1. The zero-order valence-corrected chi connectivity index (χ0v) is 9.79. The lowest BCUT2D eigenvalue weighted by atomic mass is 10.1. The number of hydrogen-bond acceptors (Lipinski definition) is 4. The Hall–Kier alpha value is -1.03. The minimum Gasteiger partial charge on any atom is -0.358 e. The number of hydrogen-bond donors (Lipinski definition) is 1. The Labute approximate surface area is 94.4 Å². The van der Waals surface area contributed by atoms with Gasteiger partial charge in [0.2, 0.25) is 0 Å². The van der Waals surface area contributed by atoms with Gasteiger partial charge in [0.05, 0.1) is 12.6 Å². The molecular weight excluding hydrogens is 206 g/mol. The Balaban J connectivity index is 1.96. The zero-order valence-electron chi connectivity index (χ0n) is 8.97. The molecule has 0 aromatic carbocycles. The van der Waals surface area contributed by atoms with Crippen molar-refractivity contribution < 1.29 is 0 Å². The van der Waals surface area contributed by atoms with E-state index in [4.69, 9.17) is 0 Å². The van der Waals surface area contributed by atoms with Gasteiger partial charge in [0, 0.05) is 17.6 Å². The molecule has 0 aliphatic carbocycles. The minimum atomic E-state index is 0.296. The third kappa shape index (κ3) is 2.72. The summed E-state index contributed by atoms with van der Waals surface area (Å²) >= 11 is 1.81. The Morgan fingerprint density at radius 3 is 2.80 bits per heavy atom. The van der Waals surface area contributed by atoms with Crippen molar-refractivity contribution in [2.75, 3.05) is 6.54 Å². The van der Waals surface area contributed by atoms with Crippen LogP contribution in [0, 0.1) is 0 Å². The molecule has 2 atom stereocenters. The van der Waals surface area contributed by atoms with Crippen molar-refractivity contribution in [1.29, 1.82) is 0 Å². The van der Waals surface area contributed by atoms with Crippen LogP contribution in [0.2, 0.25) is 0 Å². The molecule has 0 saturated carbocycles. The molecule has 0 saturated heterocycles. The predicted octanol–water partition coefficient (Wildman–Crippen LogP) is 2.22. The Kier molecular flexibility index (Phi) is 3.26. The van der Waals surface area contributed by atoms with Gasteiger partial charge in [-0.2, -0.15) is 0 Å². The van der Waals surface area contributed by atoms with Crippen molar-refractivity contribution in [1.82, 2.24) is 10.3 Å². The first-order valence-corrected chi connectivity index (χ1v) is 6.01. The van der Waals surface area contributed by atoms with Crippen LogP contribution >= 0.6 is 11.8 Å². The quantitative estimate of drug-likeness (QED) is 0.832. The minimum absolute atomic E-state index is 0.296. The Bertz CT molecular complexity index is 350. The number of aromatic nitrogens is 1. The van der Waals surface area contributed by atoms with Crippen molar-refractivity contribution in [3.63, 3.8) is 0 Å². The summed E-state index contributed by atoms with van der Waals surface area (Å²) in [6.45, 7) is 5.26. The van der Waals surface area contributed by atoms with E-state index in [0.717, 1.165) is 11.7 Å². The summed E-state index contributed by atoms with van der Waals surface area (Å²) in [5.74, 6) is 0. The van der Waals surface area contributed by atoms with Crippen LogP contribution in [0.1, 0.15) is 25.5 Å². The molecule has 1 N–H and O–H groups in total. The summed E-state index contributed by atoms with van der Waals surface area (Å²) < 4.78 is 0. The highest BCUT2D eigenvalue weighted by atomic mass is 32.2. The summed E-state index contributed by atoms with van der Waals surface area (Å²) in [6, 6.07) is 4.35. The fourth-order valence-electron chi connectivity index (χ4n) is 1.48. The van der Waals surface area contributed by atoms with Crippen LogP contribution in [-0.2, 0) is 0 Å². The fraction of sp³-hybridized carbons (Fsp3) is 0.455. The standard InChI is InChI=1S/C11H15N3S/c1-8-7-13-11(15-8)14-9(2)10-3-5-12-6-4-10/h3-6,8-9H,7H2,1-2H3,(H,13,14). The van der Waals surface area contributed by atoms with Gasteiger partial charge in [-0.1, -0.05) is 18.7 Å². The molecular formula is C11H15N3S. The molecule has 1 aromatic heterocycles. The number of amidine groups is 1. The first-order valence-electron chi connectivity index (χ1n) is 5.13. The monoisotopic (exact) mass is 221 g/mol. The smallest absolute Gasteiger partial charge is 0.157 e. The maximum Gasteiger partial charge on any atom is 0.157 e. The molecule has 4 heteroatoms. The van der Waals surface area contributed by atoms with E-state index in [-0.39, 0.29) is 0 Å². The molecule has 0 amide bonds. The molecule has 1 aromatic rings. The summed E-state index contributed by atoms with van der Waals surface area (Å²) in [4.78, 5) is 8.44. The number of thioether (sulfide) groups is 1. The first-order chi connectivity index (χ1) is 7.25. The van der Waals surface area contributed by atoms with E-state index in [1.54, 1.807) is 0 Å². The maximum atomic E-state index is 4.44. The largest absolute Gasteiger partial charge is 0.358 e. The van der Waals surface area contributed by atoms with Crippen molar-refractivity contribution in [2.24, 2.45) is 4.99 Å². The van der Waals surface area contributed by atoms with Crippen LogP contribution in [0.4, 0.5) is 0 Å². The molecule has 2 unspecified atom stereocenters. The average Bonchev–Trinajstić information content (AvgIpc) is 2.65. The molecule has 2 rings (SSSR count). The highest BCUT2D eigenvalue weighted by molar-refractivity contribution is 8.14. The Morgan fingerprint density at radius 1 is 1.47 bits per heavy atom. The van der Waals surface area contributed by atoms with E-state index >= 15 is 0 Å². The van der Waals surface area contributed by atoms with Crippen molar-refractivity contribution in [3.8, 4) is 0 Å². The van der Waals surface area contributed by atoms with Crippen molar-refractivity contribution >= 4 is 16.9 Å². The zero-order chi connectivity index (χ0) is 10.7. The molecule has 3 nitrogen and oxygen atoms in total. The van der Waals surface area contributed by atoms with Gasteiger partial charge >= 0.3 is 0 Å². The SMILES string of the molecule is CC1CN=C(NC(C)c2ccncc2)S1. The second kappa shape index (κ2) is 4.66. The molecule has 15 heavy (non-hydrogen) atoms. The molecule has 0 bridgehead atoms. The summed E-state index contributed by atoms with van der Waals surface area (Å²) in [5, 5.41) is 5.08. The van der Waals surface area contributed by atoms with Crippen LogP contribution in [0.3, 0.4) is 0 Å². The molecule has 1 aliphatic rings. The molecule has 2 heterocycles. The molecule has 1 aliphatic heterocycles. The lowest BCUT2D eigenvalue weighted by Crippen LogP contribution is -2.23. The van der Waals surface area contributed by atoms with E-state index in [9.17, 15) is 0 Å². The molecule has 0 fully saturated rings. The topological polar surface area (TPSA) is 37.3 Å². The van der Waals surface area contributed by atoms with Gasteiger partial charge < -0.3 is 5.32 Å². The lowest BCUT2D eigenvalue weighted by molar-refractivity contribution is 0.721. The van der Waals surface area contributed by atoms with Crippen LogP contribution in [0.25, 0.3) is 0 Å². The lowest BCUT2D eigenvalue weighted by Gasteiger charge is -2.14. The Morgan fingerprint density at radius 2 is 2.20 bits per heavy atom. The number of pyridine rings is 1. The third-order valence-electron chi connectivity index (χ3n) is 2.35. The van der Waals surface area contributed by atoms with Gasteiger partial charge in [0.15, 0.2) is 5.17 Å². The van der Waals surface area contributed by atoms with Gasteiger partial charge in [0.1, 0.15) is 0 Å². The summed E-state index contributed by atoms with van der Waals surface area (Å²) in [5.41, 5.74) is 1.24. The number of nitrogens with zero attached hydrogens (tertiary/aromatic N) is 2. The van der Waals surface area contributed by atoms with Crippen LogP contribution < -0.4 is 5.32 Å². The second-order valence-electron chi connectivity index (χ2n) is 3.72. The average molecular weight is 221 g/mol. The van der Waals surface area contributed by atoms with Crippen LogP contribution in [0.15, 0.2) is 29.5 Å². The van der Waals surface area contributed by atoms with E-state index < -0.39 is 0 Å². The third-order valence-corrected chi connectivity index (χ3v) is 3.37. The van der Waals surface area contributed by atoms with Crippen molar-refractivity contribution in [2.45, 2.75) is 25.1 Å². The van der Waals surface area contributed by atoms with Crippen molar-refractivity contribution in [3.05, 3.63) is 30.1 Å². The predicted molar refractivity (Wildman–Crippen MR) is 65.1 cm³/mol. The number of nitrogens with one attached hydrogen (secondary N) is 1. The summed E-state index contributed by atoms with van der Waals surface area (Å²) in [7, 11) is 0. The van der Waals surface area contributed by atoms with Gasteiger partial charge in [-0.05, 0) is 24.6 Å². The van der Waals surface area contributed by atoms with E-state index in [0.29, 0.717) is 11.3 Å². The summed E-state index contributed by atoms with van der Waals surface area (Å²) in [6.07, 6.45) is 3.64. The van der Waals surface area contributed by atoms with Gasteiger partial charge in [0.25, 0.3) is 0 Å². The normalized spacial score (nSPS) is 22.3. The van der Waals surface area contributed by atoms with Crippen LogP contribution in [0.5, 0.6) is 0 Å². The fourth-order valence-corrected chi connectivity index (χ4v) is 2.40. The van der Waals surface area contributed by atoms with Gasteiger partial charge in [-0.25, -0.2) is 0 Å². The highest BCUT2D eigenvalue weighted by Gasteiger charge is 2.16. The van der Waals surface area contributed by atoms with Crippen LogP contribution in [-0.4, -0.2) is 21.9 Å². The number of rotatable bonds is 2. The molecule has 80 valence electrons. The van der Waals surface area contributed by atoms with E-state index in [1.807, 2.05) is 36.3 Å². The highest BCUT2D eigenvalue weighted by Crippen LogP contribution is 2.21. The second-order valence-corrected chi connectivity index (χ2v) is 5.15. The van der Waals surface area contributed by atoms with E-state index in [1.165, 1.54) is 5.56 Å².